The minimum absolute atomic E-state index is 0.105. The molecule has 0 N–H and O–H groups in total. The van der Waals surface area contributed by atoms with Gasteiger partial charge in [-0.2, -0.15) is 4.98 Å². The molecule has 0 bridgehead atoms. The predicted molar refractivity (Wildman–Crippen MR) is 126 cm³/mol. The molecule has 0 spiro atoms. The van der Waals surface area contributed by atoms with Crippen LogP contribution < -0.4 is 4.90 Å². The van der Waals surface area contributed by atoms with E-state index < -0.39 is 0 Å². The quantitative estimate of drug-likeness (QED) is 0.560. The number of thiophene rings is 1. The summed E-state index contributed by atoms with van der Waals surface area (Å²) in [7, 11) is 0. The van der Waals surface area contributed by atoms with Crippen molar-refractivity contribution >= 4 is 34.5 Å². The third-order valence-electron chi connectivity index (χ3n) is 6.27. The molecule has 7 nitrogen and oxygen atoms in total. The molecular formula is C23H26ClN5O2S. The summed E-state index contributed by atoms with van der Waals surface area (Å²) in [6, 6.07) is 11.9. The highest BCUT2D eigenvalue weighted by Gasteiger charge is 2.31. The first-order valence-corrected chi connectivity index (χ1v) is 12.3. The van der Waals surface area contributed by atoms with E-state index >= 15 is 0 Å². The SMILES string of the molecule is O=C(C1CCN(Cc2nc(-c3cccs3)no2)CC1)N1CCN(c2cccc(Cl)c2)CC1. The van der Waals surface area contributed by atoms with Crippen molar-refractivity contribution in [3.8, 4) is 10.7 Å². The molecular weight excluding hydrogens is 446 g/mol. The molecule has 1 aromatic carbocycles. The van der Waals surface area contributed by atoms with E-state index in [1.54, 1.807) is 11.3 Å². The number of aromatic nitrogens is 2. The number of anilines is 1. The molecule has 0 unspecified atom stereocenters. The first-order valence-electron chi connectivity index (χ1n) is 11.0. The van der Waals surface area contributed by atoms with Gasteiger partial charge in [-0.05, 0) is 55.6 Å². The van der Waals surface area contributed by atoms with Crippen molar-refractivity contribution < 1.29 is 9.32 Å². The van der Waals surface area contributed by atoms with E-state index in [0.29, 0.717) is 24.2 Å². The second-order valence-corrected chi connectivity index (χ2v) is 9.72. The average Bonchev–Trinajstić information content (AvgIpc) is 3.52. The van der Waals surface area contributed by atoms with Gasteiger partial charge < -0.3 is 14.3 Å². The van der Waals surface area contributed by atoms with Crippen LogP contribution in [-0.2, 0) is 11.3 Å². The van der Waals surface area contributed by atoms with Gasteiger partial charge in [-0.3, -0.25) is 9.69 Å². The lowest BCUT2D eigenvalue weighted by Gasteiger charge is -2.39. The highest BCUT2D eigenvalue weighted by molar-refractivity contribution is 7.13. The second-order valence-electron chi connectivity index (χ2n) is 8.33. The Balaban J connectivity index is 1.09. The van der Waals surface area contributed by atoms with Gasteiger partial charge >= 0.3 is 0 Å². The zero-order valence-corrected chi connectivity index (χ0v) is 19.4. The predicted octanol–water partition coefficient (Wildman–Crippen LogP) is 4.01. The van der Waals surface area contributed by atoms with Gasteiger partial charge in [-0.25, -0.2) is 0 Å². The van der Waals surface area contributed by atoms with E-state index in [1.165, 1.54) is 0 Å². The summed E-state index contributed by atoms with van der Waals surface area (Å²) in [5.74, 6) is 1.69. The molecule has 5 rings (SSSR count). The molecule has 3 aromatic rings. The normalized spacial score (nSPS) is 18.3. The van der Waals surface area contributed by atoms with Gasteiger partial charge in [0, 0.05) is 42.8 Å². The monoisotopic (exact) mass is 471 g/mol. The maximum atomic E-state index is 13.1. The first kappa shape index (κ1) is 21.4. The molecule has 2 aromatic heterocycles. The molecule has 0 radical (unpaired) electrons. The summed E-state index contributed by atoms with van der Waals surface area (Å²) in [6.45, 7) is 5.59. The highest BCUT2D eigenvalue weighted by atomic mass is 35.5. The summed E-state index contributed by atoms with van der Waals surface area (Å²) in [5.41, 5.74) is 1.13. The van der Waals surface area contributed by atoms with Crippen molar-refractivity contribution in [3.05, 3.63) is 52.7 Å². The fourth-order valence-electron chi connectivity index (χ4n) is 4.47. The molecule has 1 amide bonds. The minimum atomic E-state index is 0.105. The molecule has 4 heterocycles. The van der Waals surface area contributed by atoms with E-state index in [2.05, 4.69) is 26.0 Å². The summed E-state index contributed by atoms with van der Waals surface area (Å²) < 4.78 is 5.43. The Morgan fingerprint density at radius 2 is 1.91 bits per heavy atom. The van der Waals surface area contributed by atoms with Gasteiger partial charge in [0.05, 0.1) is 11.4 Å². The Kier molecular flexibility index (Phi) is 6.43. The lowest BCUT2D eigenvalue weighted by atomic mass is 9.95. The summed E-state index contributed by atoms with van der Waals surface area (Å²) in [6.07, 6.45) is 1.75. The maximum absolute atomic E-state index is 13.1. The second kappa shape index (κ2) is 9.60. The van der Waals surface area contributed by atoms with Crippen LogP contribution in [0, 0.1) is 5.92 Å². The van der Waals surface area contributed by atoms with Crippen LogP contribution in [0.1, 0.15) is 18.7 Å². The number of carbonyl (C=O) groups excluding carboxylic acids is 1. The number of rotatable bonds is 5. The largest absolute Gasteiger partial charge is 0.368 e. The number of carbonyl (C=O) groups is 1. The highest BCUT2D eigenvalue weighted by Crippen LogP contribution is 2.25. The van der Waals surface area contributed by atoms with Crippen LogP contribution in [0.4, 0.5) is 5.69 Å². The van der Waals surface area contributed by atoms with Crippen LogP contribution in [0.5, 0.6) is 0 Å². The van der Waals surface area contributed by atoms with E-state index in [-0.39, 0.29) is 5.92 Å². The van der Waals surface area contributed by atoms with Crippen LogP contribution in [0.3, 0.4) is 0 Å². The number of likely N-dealkylation sites (tertiary alicyclic amines) is 1. The molecule has 0 atom stereocenters. The minimum Gasteiger partial charge on any atom is -0.368 e. The van der Waals surface area contributed by atoms with Crippen molar-refractivity contribution in [1.82, 2.24) is 19.9 Å². The Labute approximate surface area is 196 Å². The molecule has 32 heavy (non-hydrogen) atoms. The van der Waals surface area contributed by atoms with E-state index in [9.17, 15) is 4.79 Å². The molecule has 2 fully saturated rings. The number of piperazine rings is 1. The Hall–Kier alpha value is -2.42. The fraction of sp³-hybridized carbons (Fsp3) is 0.435. The molecule has 2 saturated heterocycles. The topological polar surface area (TPSA) is 65.7 Å². The number of benzene rings is 1. The Morgan fingerprint density at radius 1 is 1.09 bits per heavy atom. The van der Waals surface area contributed by atoms with Crippen molar-refractivity contribution in [1.29, 1.82) is 0 Å². The third-order valence-corrected chi connectivity index (χ3v) is 7.37. The standard InChI is InChI=1S/C23H26ClN5O2S/c24-18-3-1-4-19(15-18)28-10-12-29(13-11-28)23(30)17-6-8-27(9-7-17)16-21-25-22(26-31-21)20-5-2-14-32-20/h1-5,14-15,17H,6-13,16H2. The number of amides is 1. The smallest absolute Gasteiger partial charge is 0.241 e. The average molecular weight is 472 g/mol. The van der Waals surface area contributed by atoms with Gasteiger partial charge in [0.1, 0.15) is 0 Å². The van der Waals surface area contributed by atoms with E-state index in [1.807, 2.05) is 40.6 Å². The maximum Gasteiger partial charge on any atom is 0.241 e. The van der Waals surface area contributed by atoms with E-state index in [4.69, 9.17) is 16.1 Å². The first-order chi connectivity index (χ1) is 15.7. The summed E-state index contributed by atoms with van der Waals surface area (Å²) in [4.78, 5) is 25.2. The van der Waals surface area contributed by atoms with Crippen LogP contribution in [0.2, 0.25) is 5.02 Å². The van der Waals surface area contributed by atoms with Crippen LogP contribution in [0.15, 0.2) is 46.3 Å². The molecule has 2 aliphatic rings. The number of hydrogen-bond donors (Lipinski definition) is 0. The number of halogens is 1. The van der Waals surface area contributed by atoms with Crippen LogP contribution in [0.25, 0.3) is 10.7 Å². The van der Waals surface area contributed by atoms with Crippen LogP contribution in [-0.4, -0.2) is 65.1 Å². The zero-order valence-electron chi connectivity index (χ0n) is 17.8. The van der Waals surface area contributed by atoms with Crippen molar-refractivity contribution in [2.24, 2.45) is 5.92 Å². The lowest BCUT2D eigenvalue weighted by molar-refractivity contribution is -0.137. The number of nitrogens with zero attached hydrogens (tertiary/aromatic N) is 5. The molecule has 168 valence electrons. The third kappa shape index (κ3) is 4.82. The van der Waals surface area contributed by atoms with Gasteiger partial charge in [0.2, 0.25) is 17.6 Å². The molecule has 0 saturated carbocycles. The van der Waals surface area contributed by atoms with Gasteiger partial charge in [-0.1, -0.05) is 28.9 Å². The van der Waals surface area contributed by atoms with Crippen molar-refractivity contribution in [2.45, 2.75) is 19.4 Å². The molecule has 9 heteroatoms. The Morgan fingerprint density at radius 3 is 2.62 bits per heavy atom. The van der Waals surface area contributed by atoms with Crippen molar-refractivity contribution in [3.63, 3.8) is 0 Å². The Bertz CT molecular complexity index is 1040. The van der Waals surface area contributed by atoms with Gasteiger partial charge in [0.25, 0.3) is 0 Å². The fourth-order valence-corrected chi connectivity index (χ4v) is 5.30. The summed E-state index contributed by atoms with van der Waals surface area (Å²) in [5, 5.41) is 6.84. The molecule has 0 aliphatic carbocycles. The van der Waals surface area contributed by atoms with Crippen LogP contribution >= 0.6 is 22.9 Å². The summed E-state index contributed by atoms with van der Waals surface area (Å²) >= 11 is 7.73. The number of hydrogen-bond acceptors (Lipinski definition) is 7. The number of piperidine rings is 1. The van der Waals surface area contributed by atoms with Crippen molar-refractivity contribution in [2.75, 3.05) is 44.2 Å². The van der Waals surface area contributed by atoms with Gasteiger partial charge in [0.15, 0.2) is 0 Å². The zero-order chi connectivity index (χ0) is 21.9. The van der Waals surface area contributed by atoms with E-state index in [0.717, 1.165) is 67.7 Å². The van der Waals surface area contributed by atoms with Gasteiger partial charge in [-0.15, -0.1) is 11.3 Å². The lowest BCUT2D eigenvalue weighted by Crippen LogP contribution is -2.51. The molecule has 2 aliphatic heterocycles.